The van der Waals surface area contributed by atoms with Crippen molar-refractivity contribution in [1.29, 1.82) is 0 Å². The highest BCUT2D eigenvalue weighted by Gasteiger charge is 2.24. The van der Waals surface area contributed by atoms with Crippen molar-refractivity contribution < 1.29 is 18.5 Å². The van der Waals surface area contributed by atoms with Crippen LogP contribution in [0, 0.1) is 0 Å². The molecule has 29 heavy (non-hydrogen) atoms. The second kappa shape index (κ2) is 13.5. The molecule has 0 fully saturated rings. The molecule has 0 bridgehead atoms. The van der Waals surface area contributed by atoms with E-state index in [0.29, 0.717) is 11.5 Å². The first-order valence-corrected chi connectivity index (χ1v) is 12.4. The summed E-state index contributed by atoms with van der Waals surface area (Å²) in [7, 11) is -4.20. The van der Waals surface area contributed by atoms with Gasteiger partial charge in [-0.1, -0.05) is 95.0 Å². The quantitative estimate of drug-likeness (QED) is 0.238. The smallest absolute Gasteiger partial charge is 0.395 e. The Kier molecular flexibility index (Phi) is 10.9. The molecule has 1 unspecified atom stereocenters. The number of unbranched alkanes of at least 4 members (excludes halogenated alkanes) is 9. The lowest BCUT2D eigenvalue weighted by Gasteiger charge is -2.14. The van der Waals surface area contributed by atoms with Crippen LogP contribution < -0.4 is 9.05 Å². The van der Waals surface area contributed by atoms with Gasteiger partial charge in [0.1, 0.15) is 11.5 Å². The second-order valence-corrected chi connectivity index (χ2v) is 8.84. The zero-order valence-corrected chi connectivity index (χ0v) is 18.5. The van der Waals surface area contributed by atoms with Gasteiger partial charge in [0, 0.05) is 0 Å². The van der Waals surface area contributed by atoms with Crippen LogP contribution in [0.4, 0.5) is 0 Å². The number of para-hydroxylation sites is 1. The number of phosphoric acid groups is 1. The van der Waals surface area contributed by atoms with Gasteiger partial charge in [-0.25, -0.2) is 4.57 Å². The van der Waals surface area contributed by atoms with Gasteiger partial charge >= 0.3 is 7.82 Å². The van der Waals surface area contributed by atoms with Crippen LogP contribution in [0.5, 0.6) is 11.5 Å². The predicted octanol–water partition coefficient (Wildman–Crippen LogP) is 7.71. The summed E-state index contributed by atoms with van der Waals surface area (Å²) in [6, 6.07) is 15.9. The van der Waals surface area contributed by atoms with Crippen LogP contribution in [0.1, 0.15) is 76.7 Å². The summed E-state index contributed by atoms with van der Waals surface area (Å²) in [5.41, 5.74) is 1.22. The third-order valence-electron chi connectivity index (χ3n) is 4.93. The van der Waals surface area contributed by atoms with Crippen LogP contribution in [0.2, 0.25) is 0 Å². The Balaban J connectivity index is 1.61. The number of rotatable bonds is 15. The molecule has 2 aromatic carbocycles. The molecule has 0 heterocycles. The molecule has 0 saturated carbocycles. The van der Waals surface area contributed by atoms with Gasteiger partial charge in [-0.15, -0.1) is 0 Å². The third kappa shape index (κ3) is 10.5. The number of hydrogen-bond acceptors (Lipinski definition) is 3. The molecule has 160 valence electrons. The minimum atomic E-state index is -4.20. The van der Waals surface area contributed by atoms with E-state index >= 15 is 0 Å². The lowest BCUT2D eigenvalue weighted by molar-refractivity contribution is 0.291. The molecule has 0 aliphatic rings. The molecule has 2 rings (SSSR count). The van der Waals surface area contributed by atoms with Crippen molar-refractivity contribution in [2.75, 3.05) is 0 Å². The minimum absolute atomic E-state index is 0.302. The van der Waals surface area contributed by atoms with E-state index in [1.54, 1.807) is 36.4 Å². The Hall–Kier alpha value is -1.77. The molecule has 1 N–H and O–H groups in total. The monoisotopic (exact) mass is 418 g/mol. The van der Waals surface area contributed by atoms with E-state index in [2.05, 4.69) is 6.92 Å². The highest BCUT2D eigenvalue weighted by molar-refractivity contribution is 7.48. The number of benzene rings is 2. The summed E-state index contributed by atoms with van der Waals surface area (Å²) in [5.74, 6) is 0.634. The van der Waals surface area contributed by atoms with E-state index in [9.17, 15) is 9.46 Å². The van der Waals surface area contributed by atoms with E-state index < -0.39 is 7.82 Å². The molecule has 0 aromatic heterocycles. The number of aryl methyl sites for hydroxylation is 1. The maximum atomic E-state index is 12.1. The Labute approximate surface area is 175 Å². The van der Waals surface area contributed by atoms with Crippen molar-refractivity contribution in [3.63, 3.8) is 0 Å². The normalized spacial score (nSPS) is 13.0. The maximum absolute atomic E-state index is 12.1. The van der Waals surface area contributed by atoms with Gasteiger partial charge in [0.25, 0.3) is 0 Å². The molecule has 0 radical (unpaired) electrons. The van der Waals surface area contributed by atoms with Gasteiger partial charge < -0.3 is 9.05 Å². The van der Waals surface area contributed by atoms with Crippen LogP contribution in [0.3, 0.4) is 0 Å². The first-order valence-electron chi connectivity index (χ1n) is 10.9. The Bertz CT molecular complexity index is 715. The van der Waals surface area contributed by atoms with Gasteiger partial charge in [0.05, 0.1) is 0 Å². The molecular weight excluding hydrogens is 383 g/mol. The molecule has 5 heteroatoms. The van der Waals surface area contributed by atoms with Gasteiger partial charge in [-0.05, 0) is 42.7 Å². The van der Waals surface area contributed by atoms with E-state index in [4.69, 9.17) is 9.05 Å². The number of phosphoric ester groups is 1. The summed E-state index contributed by atoms with van der Waals surface area (Å²) in [6.07, 6.45) is 14.3. The van der Waals surface area contributed by atoms with E-state index in [1.165, 1.54) is 69.8 Å². The molecule has 0 spiro atoms. The van der Waals surface area contributed by atoms with E-state index in [0.717, 1.165) is 6.42 Å². The van der Waals surface area contributed by atoms with Crippen molar-refractivity contribution in [2.24, 2.45) is 0 Å². The molecule has 0 aliphatic heterocycles. The molecule has 0 aliphatic carbocycles. The fourth-order valence-electron chi connectivity index (χ4n) is 3.30. The van der Waals surface area contributed by atoms with Crippen molar-refractivity contribution in [2.45, 2.75) is 77.6 Å². The lowest BCUT2D eigenvalue weighted by atomic mass is 10.0. The number of hydrogen-bond donors (Lipinski definition) is 1. The van der Waals surface area contributed by atoms with Gasteiger partial charge in [0.2, 0.25) is 0 Å². The van der Waals surface area contributed by atoms with Crippen LogP contribution in [0.15, 0.2) is 54.6 Å². The zero-order valence-electron chi connectivity index (χ0n) is 17.6. The minimum Gasteiger partial charge on any atom is -0.395 e. The van der Waals surface area contributed by atoms with Crippen molar-refractivity contribution >= 4 is 7.82 Å². The summed E-state index contributed by atoms with van der Waals surface area (Å²) < 4.78 is 22.3. The standard InChI is InChI=1S/C24H35O4P/c1-2-3-4-5-6-7-8-9-10-12-15-22-18-20-24(21-19-22)28-29(25,26)27-23-16-13-11-14-17-23/h11,13-14,16-21H,2-10,12,15H2,1H3,(H,25,26). The molecule has 4 nitrogen and oxygen atoms in total. The fourth-order valence-corrected chi connectivity index (χ4v) is 4.11. The Morgan fingerprint density at radius 1 is 0.690 bits per heavy atom. The Morgan fingerprint density at radius 3 is 1.72 bits per heavy atom. The SMILES string of the molecule is CCCCCCCCCCCCc1ccc(OP(=O)(O)Oc2ccccc2)cc1. The third-order valence-corrected chi connectivity index (χ3v) is 5.81. The van der Waals surface area contributed by atoms with Crippen LogP contribution in [-0.2, 0) is 11.0 Å². The highest BCUT2D eigenvalue weighted by Crippen LogP contribution is 2.44. The highest BCUT2D eigenvalue weighted by atomic mass is 31.2. The van der Waals surface area contributed by atoms with E-state index in [1.807, 2.05) is 18.2 Å². The predicted molar refractivity (Wildman–Crippen MR) is 120 cm³/mol. The second-order valence-electron chi connectivity index (χ2n) is 7.54. The summed E-state index contributed by atoms with van der Waals surface area (Å²) in [4.78, 5) is 9.91. The lowest BCUT2D eigenvalue weighted by Crippen LogP contribution is -1.99. The van der Waals surface area contributed by atoms with E-state index in [-0.39, 0.29) is 0 Å². The maximum Gasteiger partial charge on any atom is 0.584 e. The van der Waals surface area contributed by atoms with Crippen LogP contribution >= 0.6 is 7.82 Å². The molecular formula is C24H35O4P. The summed E-state index contributed by atoms with van der Waals surface area (Å²) in [6.45, 7) is 2.26. The molecule has 0 saturated heterocycles. The Morgan fingerprint density at radius 2 is 1.17 bits per heavy atom. The first kappa shape index (κ1) is 23.5. The van der Waals surface area contributed by atoms with Crippen molar-refractivity contribution in [3.05, 3.63) is 60.2 Å². The van der Waals surface area contributed by atoms with Crippen molar-refractivity contribution in [1.82, 2.24) is 0 Å². The topological polar surface area (TPSA) is 55.8 Å². The molecule has 1 atom stereocenters. The average molecular weight is 419 g/mol. The summed E-state index contributed by atoms with van der Waals surface area (Å²) >= 11 is 0. The van der Waals surface area contributed by atoms with Gasteiger partial charge in [-0.3, -0.25) is 4.89 Å². The average Bonchev–Trinajstić information content (AvgIpc) is 2.71. The first-order chi connectivity index (χ1) is 14.1. The fraction of sp³-hybridized carbons (Fsp3) is 0.500. The molecule has 2 aromatic rings. The van der Waals surface area contributed by atoms with Gasteiger partial charge in [-0.2, -0.15) is 0 Å². The summed E-state index contributed by atoms with van der Waals surface area (Å²) in [5, 5.41) is 0. The van der Waals surface area contributed by atoms with Gasteiger partial charge in [0.15, 0.2) is 0 Å². The van der Waals surface area contributed by atoms with Crippen molar-refractivity contribution in [3.8, 4) is 11.5 Å². The largest absolute Gasteiger partial charge is 0.584 e. The molecule has 0 amide bonds. The van der Waals surface area contributed by atoms with Crippen LogP contribution in [0.25, 0.3) is 0 Å². The van der Waals surface area contributed by atoms with Crippen LogP contribution in [-0.4, -0.2) is 4.89 Å². The zero-order chi connectivity index (χ0) is 20.8.